The summed E-state index contributed by atoms with van der Waals surface area (Å²) in [5.74, 6) is -4.23. The van der Waals surface area contributed by atoms with Crippen LogP contribution in [0.15, 0.2) is 97.1 Å². The van der Waals surface area contributed by atoms with Gasteiger partial charge < -0.3 is 50.6 Å². The van der Waals surface area contributed by atoms with Gasteiger partial charge in [0.25, 0.3) is 5.91 Å². The molecule has 0 saturated heterocycles. The van der Waals surface area contributed by atoms with Crippen LogP contribution < -0.4 is 26.0 Å². The number of phenolic OH excluding ortho intramolecular Hbond substituents is 1. The third-order valence-electron chi connectivity index (χ3n) is 10.0. The predicted octanol–water partition coefficient (Wildman–Crippen LogP) is 7.34. The number of carboxylic acid groups (broad SMARTS) is 1. The molecule has 0 unspecified atom stereocenters. The molecule has 6 N–H and O–H groups in total. The molecule has 4 rings (SSSR count). The lowest BCUT2D eigenvalue weighted by atomic mass is 10.0. The van der Waals surface area contributed by atoms with Crippen LogP contribution in [-0.2, 0) is 35.1 Å². The maximum Gasteiger partial charge on any atom is 0.514 e. The van der Waals surface area contributed by atoms with E-state index in [0.717, 1.165) is 16.0 Å². The maximum atomic E-state index is 14.5. The molecule has 4 aromatic carbocycles. The second kappa shape index (κ2) is 24.1. The number of rotatable bonds is 19. The Morgan fingerprint density at radius 1 is 0.691 bits per heavy atom. The summed E-state index contributed by atoms with van der Waals surface area (Å²) >= 11 is 6.05. The highest BCUT2D eigenvalue weighted by molar-refractivity contribution is 6.30. The fraction of sp³-hybridized carbons (Fsp3) is 0.380. The van der Waals surface area contributed by atoms with Crippen LogP contribution >= 0.6 is 11.6 Å². The van der Waals surface area contributed by atoms with E-state index in [9.17, 15) is 43.8 Å². The summed E-state index contributed by atoms with van der Waals surface area (Å²) in [5.41, 5.74) is 1.20. The zero-order chi connectivity index (χ0) is 50.3. The van der Waals surface area contributed by atoms with Gasteiger partial charge in [-0.1, -0.05) is 60.1 Å². The van der Waals surface area contributed by atoms with Crippen molar-refractivity contribution in [1.82, 2.24) is 26.2 Å². The van der Waals surface area contributed by atoms with Crippen molar-refractivity contribution in [3.05, 3.63) is 119 Å². The van der Waals surface area contributed by atoms with Gasteiger partial charge in [0, 0.05) is 30.6 Å². The number of unbranched alkanes of at least 4 members (excludes halogenated alkanes) is 1. The van der Waals surface area contributed by atoms with Gasteiger partial charge in [-0.2, -0.15) is 0 Å². The van der Waals surface area contributed by atoms with Gasteiger partial charge in [0.15, 0.2) is 0 Å². The molecule has 4 aromatic rings. The molecule has 0 aliphatic heterocycles. The topological polar surface area (TPSA) is 239 Å². The summed E-state index contributed by atoms with van der Waals surface area (Å²) in [6.07, 6.45) is -0.856. The van der Waals surface area contributed by atoms with E-state index in [-0.39, 0.29) is 42.0 Å². The quantitative estimate of drug-likeness (QED) is 0.0308. The molecule has 4 atom stereocenters. The smallest absolute Gasteiger partial charge is 0.508 e. The standard InChI is InChI=1S/C50H60ClN5O12/c1-30(42(58)55-40(46(62)63)29-31-12-26-38(27-13-31)66-48(65)68-50(5,6)7)53-44(60)41(34-20-24-37(57)25-21-34)56(8)45(61)39(11-9-10-28-52-47(64)67-49(2,3)4)54-43(59)35-16-14-32(15-17-35)33-18-22-36(51)23-19-33/h12-27,30,39-41,57H,9-11,28-29H2,1-8H3,(H,52,64)(H,53,60)(H,54,59)(H,55,58)(H,62,63)/t30-,39-,40-,41-/m0/s1. The first-order valence-corrected chi connectivity index (χ1v) is 22.3. The average Bonchev–Trinajstić information content (AvgIpc) is 3.25. The Kier molecular flexibility index (Phi) is 18.9. The van der Waals surface area contributed by atoms with Crippen molar-refractivity contribution in [2.75, 3.05) is 13.6 Å². The molecule has 0 aromatic heterocycles. The number of ether oxygens (including phenoxy) is 3. The minimum Gasteiger partial charge on any atom is -0.508 e. The molecular formula is C50H60ClN5O12. The molecule has 0 spiro atoms. The van der Waals surface area contributed by atoms with Crippen LogP contribution in [0.2, 0.25) is 5.02 Å². The number of carboxylic acids is 1. The van der Waals surface area contributed by atoms with Gasteiger partial charge in [-0.05, 0) is 139 Å². The SMILES string of the molecule is C[C@H](NC(=O)[C@H](c1ccc(O)cc1)N(C)C(=O)[C@H](CCCCNC(=O)OC(C)(C)C)NC(=O)c1ccc(-c2ccc(Cl)cc2)cc1)C(=O)N[C@@H](Cc1ccc(OC(=O)OC(C)(C)C)cc1)C(=O)O. The highest BCUT2D eigenvalue weighted by atomic mass is 35.5. The van der Waals surface area contributed by atoms with Crippen LogP contribution in [0.4, 0.5) is 9.59 Å². The molecule has 0 saturated carbocycles. The summed E-state index contributed by atoms with van der Waals surface area (Å²) in [6, 6.07) is 20.0. The number of amides is 5. The first-order chi connectivity index (χ1) is 31.9. The number of carbonyl (C=O) groups excluding carboxylic acids is 6. The van der Waals surface area contributed by atoms with E-state index in [0.29, 0.717) is 23.4 Å². The second-order valence-electron chi connectivity index (χ2n) is 18.0. The number of aromatic hydroxyl groups is 1. The Labute approximate surface area is 400 Å². The van der Waals surface area contributed by atoms with Crippen LogP contribution in [0, 0.1) is 0 Å². The Hall–Kier alpha value is -7.14. The van der Waals surface area contributed by atoms with Gasteiger partial charge in [-0.25, -0.2) is 14.4 Å². The number of nitrogens with zero attached hydrogens (tertiary/aromatic N) is 1. The molecule has 0 fully saturated rings. The average molecular weight is 959 g/mol. The number of aliphatic carboxylic acids is 1. The maximum absolute atomic E-state index is 14.5. The van der Waals surface area contributed by atoms with Crippen LogP contribution in [0.25, 0.3) is 11.1 Å². The van der Waals surface area contributed by atoms with Crippen molar-refractivity contribution in [3.8, 4) is 22.6 Å². The summed E-state index contributed by atoms with van der Waals surface area (Å²) in [7, 11) is 1.36. The first-order valence-electron chi connectivity index (χ1n) is 21.9. The minimum absolute atomic E-state index is 0.0898. The number of nitrogens with one attached hydrogen (secondary N) is 4. The number of hydrogen-bond acceptors (Lipinski definition) is 11. The van der Waals surface area contributed by atoms with Gasteiger partial charge in [0.1, 0.15) is 46.9 Å². The zero-order valence-electron chi connectivity index (χ0n) is 39.4. The van der Waals surface area contributed by atoms with Gasteiger partial charge >= 0.3 is 18.2 Å². The van der Waals surface area contributed by atoms with Crippen molar-refractivity contribution in [2.24, 2.45) is 0 Å². The molecule has 18 heteroatoms. The molecular weight excluding hydrogens is 898 g/mol. The first kappa shape index (κ1) is 53.5. The van der Waals surface area contributed by atoms with Crippen molar-refractivity contribution in [1.29, 1.82) is 0 Å². The number of phenols is 1. The fourth-order valence-electron chi connectivity index (χ4n) is 6.66. The molecule has 0 aliphatic carbocycles. The van der Waals surface area contributed by atoms with Crippen LogP contribution in [-0.4, -0.2) is 99.9 Å². The van der Waals surface area contributed by atoms with E-state index in [4.69, 9.17) is 25.8 Å². The Bertz CT molecular complexity index is 2380. The zero-order valence-corrected chi connectivity index (χ0v) is 40.1. The molecule has 68 heavy (non-hydrogen) atoms. The number of carbonyl (C=O) groups is 7. The number of halogens is 1. The molecule has 364 valence electrons. The van der Waals surface area contributed by atoms with E-state index in [1.807, 2.05) is 12.1 Å². The van der Waals surface area contributed by atoms with E-state index in [2.05, 4.69) is 21.3 Å². The molecule has 0 bridgehead atoms. The van der Waals surface area contributed by atoms with Gasteiger partial charge in [0.2, 0.25) is 17.7 Å². The summed E-state index contributed by atoms with van der Waals surface area (Å²) in [5, 5.41) is 31.2. The summed E-state index contributed by atoms with van der Waals surface area (Å²) in [6.45, 7) is 11.8. The van der Waals surface area contributed by atoms with E-state index < -0.39 is 77.2 Å². The summed E-state index contributed by atoms with van der Waals surface area (Å²) < 4.78 is 15.6. The lowest BCUT2D eigenvalue weighted by molar-refractivity contribution is -0.143. The minimum atomic E-state index is -1.44. The predicted molar refractivity (Wildman–Crippen MR) is 254 cm³/mol. The summed E-state index contributed by atoms with van der Waals surface area (Å²) in [4.78, 5) is 93.8. The van der Waals surface area contributed by atoms with E-state index >= 15 is 0 Å². The number of benzene rings is 4. The fourth-order valence-corrected chi connectivity index (χ4v) is 6.79. The largest absolute Gasteiger partial charge is 0.514 e. The van der Waals surface area contributed by atoms with Crippen molar-refractivity contribution >= 4 is 53.4 Å². The van der Waals surface area contributed by atoms with Crippen LogP contribution in [0.3, 0.4) is 0 Å². The monoisotopic (exact) mass is 957 g/mol. The lowest BCUT2D eigenvalue weighted by Gasteiger charge is -2.32. The molecule has 0 heterocycles. The molecule has 5 amide bonds. The Balaban J connectivity index is 1.51. The number of hydrogen-bond donors (Lipinski definition) is 6. The van der Waals surface area contributed by atoms with E-state index in [1.54, 1.807) is 77.9 Å². The van der Waals surface area contributed by atoms with Crippen molar-refractivity contribution < 1.29 is 58.0 Å². The number of likely N-dealkylation sites (N-methyl/N-ethyl adjacent to an activating group) is 1. The van der Waals surface area contributed by atoms with E-state index in [1.165, 1.54) is 62.5 Å². The highest BCUT2D eigenvalue weighted by Gasteiger charge is 2.35. The van der Waals surface area contributed by atoms with Crippen molar-refractivity contribution in [3.63, 3.8) is 0 Å². The second-order valence-corrected chi connectivity index (χ2v) is 18.5. The van der Waals surface area contributed by atoms with Crippen LogP contribution in [0.5, 0.6) is 11.5 Å². The highest BCUT2D eigenvalue weighted by Crippen LogP contribution is 2.26. The van der Waals surface area contributed by atoms with Crippen LogP contribution in [0.1, 0.15) is 95.3 Å². The third-order valence-corrected chi connectivity index (χ3v) is 10.3. The van der Waals surface area contributed by atoms with Gasteiger partial charge in [-0.15, -0.1) is 0 Å². The third kappa shape index (κ3) is 17.3. The molecule has 0 radical (unpaired) electrons. The molecule has 0 aliphatic rings. The normalized spacial score (nSPS) is 13.1. The van der Waals surface area contributed by atoms with Gasteiger partial charge in [-0.3, -0.25) is 19.2 Å². The van der Waals surface area contributed by atoms with Crippen molar-refractivity contribution in [2.45, 2.75) is 110 Å². The Morgan fingerprint density at radius 2 is 1.26 bits per heavy atom. The number of alkyl carbamates (subject to hydrolysis) is 1. The van der Waals surface area contributed by atoms with Gasteiger partial charge in [0.05, 0.1) is 0 Å². The lowest BCUT2D eigenvalue weighted by Crippen LogP contribution is -2.54. The molecule has 17 nitrogen and oxygen atoms in total. The Morgan fingerprint density at radius 3 is 1.82 bits per heavy atom.